The molecule has 4 rings (SSSR count). The fraction of sp³-hybridized carbons (Fsp3) is 0.320. The summed E-state index contributed by atoms with van der Waals surface area (Å²) < 4.78 is 6.26. The molecule has 8 heteroatoms. The Labute approximate surface area is 202 Å². The smallest absolute Gasteiger partial charge is 0.265 e. The quantitative estimate of drug-likeness (QED) is 0.486. The number of hydrogen-bond donors (Lipinski definition) is 0. The van der Waals surface area contributed by atoms with E-state index in [1.54, 1.807) is 33.6 Å². The summed E-state index contributed by atoms with van der Waals surface area (Å²) in [6.45, 7) is 1.55. The van der Waals surface area contributed by atoms with Crippen molar-refractivity contribution in [3.05, 3.63) is 81.8 Å². The largest absolute Gasteiger partial charge is 0.490 e. The van der Waals surface area contributed by atoms with Crippen molar-refractivity contribution in [2.24, 2.45) is 5.92 Å². The van der Waals surface area contributed by atoms with E-state index in [0.29, 0.717) is 48.1 Å². The summed E-state index contributed by atoms with van der Waals surface area (Å²) in [5.74, 6) is 0.509. The number of nitrogens with zero attached hydrogens (tertiary/aromatic N) is 3. The average molecular weight is 484 g/mol. The molecule has 33 heavy (non-hydrogen) atoms. The van der Waals surface area contributed by atoms with Crippen molar-refractivity contribution in [3.8, 4) is 5.75 Å². The monoisotopic (exact) mass is 483 g/mol. The van der Waals surface area contributed by atoms with Crippen molar-refractivity contribution in [3.63, 3.8) is 0 Å². The molecule has 1 aliphatic rings. The van der Waals surface area contributed by atoms with E-state index >= 15 is 0 Å². The summed E-state index contributed by atoms with van der Waals surface area (Å²) in [7, 11) is 1.81. The molecule has 3 aromatic rings. The minimum absolute atomic E-state index is 0.0237. The Balaban J connectivity index is 1.47. The highest BCUT2D eigenvalue weighted by Gasteiger charge is 2.35. The van der Waals surface area contributed by atoms with Crippen molar-refractivity contribution in [2.75, 3.05) is 20.1 Å². The van der Waals surface area contributed by atoms with Crippen LogP contribution in [0.5, 0.6) is 5.75 Å². The lowest BCUT2D eigenvalue weighted by molar-refractivity contribution is -0.132. The fourth-order valence-electron chi connectivity index (χ4n) is 4.06. The number of rotatable bonds is 7. The first-order chi connectivity index (χ1) is 16.0. The van der Waals surface area contributed by atoms with Crippen LogP contribution in [-0.4, -0.2) is 52.8 Å². The molecule has 1 fully saturated rings. The number of hydrogen-bond acceptors (Lipinski definition) is 5. The number of halogens is 1. The van der Waals surface area contributed by atoms with Crippen molar-refractivity contribution < 1.29 is 14.3 Å². The molecule has 0 radical (unpaired) electrons. The lowest BCUT2D eigenvalue weighted by Gasteiger charge is -2.38. The number of amides is 2. The second kappa shape index (κ2) is 10.8. The fourth-order valence-corrected chi connectivity index (χ4v) is 4.83. The van der Waals surface area contributed by atoms with Gasteiger partial charge in [0.05, 0.1) is 11.7 Å². The maximum absolute atomic E-state index is 13.1. The Hall–Kier alpha value is -2.90. The standard InChI is InChI=1S/C25H26ClN3O3S/c1-28(15-18-6-3-2-4-7-18)24(30)12-19-16-29(25(31)23-14-27-17-33-23)11-10-22(19)32-21-9-5-8-20(26)13-21/h2-9,13-14,17,19,22H,10-12,15-16H2,1H3/t19-,22-/m0/s1. The highest BCUT2D eigenvalue weighted by Crippen LogP contribution is 2.29. The van der Waals surface area contributed by atoms with E-state index in [-0.39, 0.29) is 23.8 Å². The molecular formula is C25H26ClN3O3S. The Morgan fingerprint density at radius 3 is 2.76 bits per heavy atom. The second-order valence-corrected chi connectivity index (χ2v) is 9.54. The normalized spacial score (nSPS) is 18.1. The lowest BCUT2D eigenvalue weighted by atomic mass is 9.90. The molecule has 0 spiro atoms. The van der Waals surface area contributed by atoms with Gasteiger partial charge in [0.2, 0.25) is 5.91 Å². The minimum Gasteiger partial charge on any atom is -0.490 e. The third-order valence-electron chi connectivity index (χ3n) is 5.80. The van der Waals surface area contributed by atoms with Gasteiger partial charge < -0.3 is 14.5 Å². The van der Waals surface area contributed by atoms with Gasteiger partial charge in [0.1, 0.15) is 16.7 Å². The molecule has 2 aromatic carbocycles. The van der Waals surface area contributed by atoms with Crippen LogP contribution in [0.25, 0.3) is 0 Å². The molecule has 1 aliphatic heterocycles. The van der Waals surface area contributed by atoms with Crippen LogP contribution < -0.4 is 4.74 Å². The van der Waals surface area contributed by atoms with E-state index in [9.17, 15) is 9.59 Å². The van der Waals surface area contributed by atoms with E-state index in [0.717, 1.165) is 5.56 Å². The van der Waals surface area contributed by atoms with Gasteiger partial charge in [-0.1, -0.05) is 48.0 Å². The Morgan fingerprint density at radius 2 is 2.03 bits per heavy atom. The SMILES string of the molecule is CN(Cc1ccccc1)C(=O)C[C@H]1CN(C(=O)c2cncs2)CC[C@@H]1Oc1cccc(Cl)c1. The van der Waals surface area contributed by atoms with Gasteiger partial charge in [-0.05, 0) is 23.8 Å². The first-order valence-corrected chi connectivity index (χ1v) is 12.1. The number of piperidine rings is 1. The number of carbonyl (C=O) groups is 2. The summed E-state index contributed by atoms with van der Waals surface area (Å²) in [6.07, 6.45) is 2.33. The number of thiazole rings is 1. The van der Waals surface area contributed by atoms with E-state index in [2.05, 4.69) is 4.98 Å². The molecule has 2 amide bonds. The van der Waals surface area contributed by atoms with Gasteiger partial charge in [-0.2, -0.15) is 0 Å². The minimum atomic E-state index is -0.192. The molecule has 0 bridgehead atoms. The van der Waals surface area contributed by atoms with Crippen LogP contribution in [0.1, 0.15) is 28.1 Å². The maximum Gasteiger partial charge on any atom is 0.265 e. The Morgan fingerprint density at radius 1 is 1.21 bits per heavy atom. The number of carbonyl (C=O) groups excluding carboxylic acids is 2. The summed E-state index contributed by atoms with van der Waals surface area (Å²) >= 11 is 7.45. The molecule has 0 unspecified atom stereocenters. The topological polar surface area (TPSA) is 62.7 Å². The molecule has 0 aliphatic carbocycles. The molecular weight excluding hydrogens is 458 g/mol. The van der Waals surface area contributed by atoms with Crippen molar-refractivity contribution >= 4 is 34.8 Å². The molecule has 2 heterocycles. The highest BCUT2D eigenvalue weighted by atomic mass is 35.5. The first kappa shape index (κ1) is 23.3. The predicted octanol–water partition coefficient (Wildman–Crippen LogP) is 4.75. The first-order valence-electron chi connectivity index (χ1n) is 10.9. The maximum atomic E-state index is 13.1. The number of aromatic nitrogens is 1. The van der Waals surface area contributed by atoms with Crippen LogP contribution in [0.2, 0.25) is 5.02 Å². The number of likely N-dealkylation sites (tertiary alicyclic amines) is 1. The molecule has 172 valence electrons. The zero-order valence-electron chi connectivity index (χ0n) is 18.4. The van der Waals surface area contributed by atoms with Crippen LogP contribution in [0.15, 0.2) is 66.3 Å². The molecule has 0 saturated carbocycles. The van der Waals surface area contributed by atoms with Crippen molar-refractivity contribution in [1.82, 2.24) is 14.8 Å². The molecule has 1 aromatic heterocycles. The van der Waals surface area contributed by atoms with Gasteiger partial charge in [0.25, 0.3) is 5.91 Å². The summed E-state index contributed by atoms with van der Waals surface area (Å²) in [5, 5.41) is 0.598. The number of ether oxygens (including phenoxy) is 1. The zero-order valence-corrected chi connectivity index (χ0v) is 20.0. The average Bonchev–Trinajstić information content (AvgIpc) is 3.35. The third kappa shape index (κ3) is 6.12. The molecule has 2 atom stereocenters. The van der Waals surface area contributed by atoms with Crippen LogP contribution in [0.3, 0.4) is 0 Å². The van der Waals surface area contributed by atoms with Gasteiger partial charge in [-0.15, -0.1) is 11.3 Å². The van der Waals surface area contributed by atoms with Gasteiger partial charge in [0, 0.05) is 50.5 Å². The zero-order chi connectivity index (χ0) is 23.2. The predicted molar refractivity (Wildman–Crippen MR) is 130 cm³/mol. The second-order valence-electron chi connectivity index (χ2n) is 8.22. The van der Waals surface area contributed by atoms with Crippen LogP contribution in [0.4, 0.5) is 0 Å². The van der Waals surface area contributed by atoms with E-state index in [1.807, 2.05) is 49.5 Å². The van der Waals surface area contributed by atoms with Crippen LogP contribution in [0, 0.1) is 5.92 Å². The molecule has 0 N–H and O–H groups in total. The van der Waals surface area contributed by atoms with Crippen molar-refractivity contribution in [1.29, 1.82) is 0 Å². The van der Waals surface area contributed by atoms with Gasteiger partial charge >= 0.3 is 0 Å². The number of benzene rings is 2. The van der Waals surface area contributed by atoms with Gasteiger partial charge in [-0.3, -0.25) is 14.6 Å². The Kier molecular flexibility index (Phi) is 7.62. The van der Waals surface area contributed by atoms with E-state index < -0.39 is 0 Å². The summed E-state index contributed by atoms with van der Waals surface area (Å²) in [4.78, 5) is 34.2. The highest BCUT2D eigenvalue weighted by molar-refractivity contribution is 7.11. The van der Waals surface area contributed by atoms with E-state index in [4.69, 9.17) is 16.3 Å². The van der Waals surface area contributed by atoms with Crippen molar-refractivity contribution in [2.45, 2.75) is 25.5 Å². The van der Waals surface area contributed by atoms with E-state index in [1.165, 1.54) is 11.3 Å². The summed E-state index contributed by atoms with van der Waals surface area (Å²) in [6, 6.07) is 17.2. The van der Waals surface area contributed by atoms with Gasteiger partial charge in [0.15, 0.2) is 0 Å². The summed E-state index contributed by atoms with van der Waals surface area (Å²) in [5.41, 5.74) is 2.73. The molecule has 1 saturated heterocycles. The lowest BCUT2D eigenvalue weighted by Crippen LogP contribution is -2.49. The molecule has 6 nitrogen and oxygen atoms in total. The Bertz CT molecular complexity index is 1080. The third-order valence-corrected chi connectivity index (χ3v) is 6.80. The van der Waals surface area contributed by atoms with Crippen LogP contribution >= 0.6 is 22.9 Å². The van der Waals surface area contributed by atoms with Crippen LogP contribution in [-0.2, 0) is 11.3 Å². The van der Waals surface area contributed by atoms with Gasteiger partial charge in [-0.25, -0.2) is 0 Å².